The summed E-state index contributed by atoms with van der Waals surface area (Å²) in [5, 5.41) is 0. The van der Waals surface area contributed by atoms with Crippen molar-refractivity contribution in [3.63, 3.8) is 0 Å². The van der Waals surface area contributed by atoms with Gasteiger partial charge >= 0.3 is 0 Å². The Hall–Kier alpha value is -2.66. The van der Waals surface area contributed by atoms with Gasteiger partial charge in [0.15, 0.2) is 23.0 Å². The molecule has 1 heterocycles. The fourth-order valence-corrected chi connectivity index (χ4v) is 3.72. The number of fused-ring (bicyclic) bond motifs is 1. The van der Waals surface area contributed by atoms with Crippen LogP contribution in [0.3, 0.4) is 0 Å². The van der Waals surface area contributed by atoms with Crippen molar-refractivity contribution >= 4 is 6.08 Å². The number of hydrogen-bond donors (Lipinski definition) is 1. The molecule has 0 fully saturated rings. The second kappa shape index (κ2) is 8.35. The topological polar surface area (TPSA) is 41.4 Å². The Morgan fingerprint density at radius 3 is 2.07 bits per heavy atom. The first kappa shape index (κ1) is 19.1. The predicted octanol–water partition coefficient (Wildman–Crippen LogP) is 2.89. The smallest absolute Gasteiger partial charge is 0.161 e. The molecule has 0 bridgehead atoms. The fraction of sp³-hybridized carbons (Fsp3) is 0.364. The van der Waals surface area contributed by atoms with E-state index in [1.54, 1.807) is 28.4 Å². The van der Waals surface area contributed by atoms with Crippen LogP contribution in [0, 0.1) is 0 Å². The average Bonchev–Trinajstić information content (AvgIpc) is 2.72. The summed E-state index contributed by atoms with van der Waals surface area (Å²) in [5.41, 5.74) is 3.65. The Labute approximate surface area is 161 Å². The van der Waals surface area contributed by atoms with Crippen LogP contribution in [0.1, 0.15) is 29.7 Å². The second-order valence-corrected chi connectivity index (χ2v) is 6.54. The molecule has 0 amide bonds. The Kier molecular flexibility index (Phi) is 5.91. The van der Waals surface area contributed by atoms with Gasteiger partial charge in [0.05, 0.1) is 41.2 Å². The Balaban J connectivity index is 2.00. The molecule has 1 aliphatic heterocycles. The van der Waals surface area contributed by atoms with Gasteiger partial charge in [-0.1, -0.05) is 6.07 Å². The third kappa shape index (κ3) is 3.74. The van der Waals surface area contributed by atoms with Crippen molar-refractivity contribution in [3.8, 4) is 23.0 Å². The number of nitrogens with one attached hydrogen (secondary N) is 1. The molecule has 1 N–H and O–H groups in total. The second-order valence-electron chi connectivity index (χ2n) is 6.54. The van der Waals surface area contributed by atoms with Crippen LogP contribution in [0.2, 0.25) is 0 Å². The van der Waals surface area contributed by atoms with Crippen molar-refractivity contribution in [1.29, 1.82) is 0 Å². The highest BCUT2D eigenvalue weighted by Crippen LogP contribution is 2.36. The van der Waals surface area contributed by atoms with Gasteiger partial charge < -0.3 is 23.8 Å². The SMILES string of the molecule is CC[NH+]1C=Cc2cc(OC)c(OC)cc2C1Cc1ccc(OC)c(OC)c1. The number of benzene rings is 2. The van der Waals surface area contributed by atoms with E-state index in [2.05, 4.69) is 43.5 Å². The Morgan fingerprint density at radius 2 is 1.44 bits per heavy atom. The van der Waals surface area contributed by atoms with E-state index in [4.69, 9.17) is 18.9 Å². The van der Waals surface area contributed by atoms with Crippen molar-refractivity contribution in [3.05, 3.63) is 53.2 Å². The van der Waals surface area contributed by atoms with Crippen molar-refractivity contribution in [1.82, 2.24) is 0 Å². The van der Waals surface area contributed by atoms with Gasteiger partial charge in [-0.05, 0) is 48.4 Å². The lowest BCUT2D eigenvalue weighted by Crippen LogP contribution is -3.08. The lowest BCUT2D eigenvalue weighted by Gasteiger charge is -2.30. The molecule has 3 rings (SSSR count). The third-order valence-corrected chi connectivity index (χ3v) is 5.19. The van der Waals surface area contributed by atoms with Crippen molar-refractivity contribution < 1.29 is 23.8 Å². The number of likely N-dealkylation sites (N-methyl/N-ethyl adjacent to an activating group) is 1. The van der Waals surface area contributed by atoms with Crippen LogP contribution < -0.4 is 23.8 Å². The zero-order valence-electron chi connectivity index (χ0n) is 16.7. The first-order valence-corrected chi connectivity index (χ1v) is 9.15. The van der Waals surface area contributed by atoms with Gasteiger partial charge in [0.25, 0.3) is 0 Å². The van der Waals surface area contributed by atoms with Gasteiger partial charge in [-0.25, -0.2) is 0 Å². The molecule has 2 aromatic rings. The zero-order chi connectivity index (χ0) is 19.4. The van der Waals surface area contributed by atoms with Crippen LogP contribution in [0.25, 0.3) is 6.08 Å². The van der Waals surface area contributed by atoms with E-state index in [0.29, 0.717) is 0 Å². The molecule has 2 aromatic carbocycles. The zero-order valence-corrected chi connectivity index (χ0v) is 16.7. The van der Waals surface area contributed by atoms with Crippen molar-refractivity contribution in [2.45, 2.75) is 19.4 Å². The summed E-state index contributed by atoms with van der Waals surface area (Å²) >= 11 is 0. The minimum atomic E-state index is 0.285. The largest absolute Gasteiger partial charge is 0.493 e. The molecule has 27 heavy (non-hydrogen) atoms. The fourth-order valence-electron chi connectivity index (χ4n) is 3.72. The van der Waals surface area contributed by atoms with Crippen LogP contribution in [-0.2, 0) is 6.42 Å². The van der Waals surface area contributed by atoms with E-state index in [-0.39, 0.29) is 6.04 Å². The lowest BCUT2D eigenvalue weighted by molar-refractivity contribution is -0.879. The van der Waals surface area contributed by atoms with E-state index in [1.807, 2.05) is 6.07 Å². The predicted molar refractivity (Wildman–Crippen MR) is 106 cm³/mol. The first-order chi connectivity index (χ1) is 13.1. The summed E-state index contributed by atoms with van der Waals surface area (Å²) in [7, 11) is 6.67. The summed E-state index contributed by atoms with van der Waals surface area (Å²) in [6.07, 6.45) is 5.29. The average molecular weight is 370 g/mol. The summed E-state index contributed by atoms with van der Waals surface area (Å²) in [6, 6.07) is 10.6. The Morgan fingerprint density at radius 1 is 0.815 bits per heavy atom. The summed E-state index contributed by atoms with van der Waals surface area (Å²) in [6.45, 7) is 3.20. The highest BCUT2D eigenvalue weighted by atomic mass is 16.5. The maximum Gasteiger partial charge on any atom is 0.161 e. The van der Waals surface area contributed by atoms with E-state index in [0.717, 1.165) is 36.0 Å². The van der Waals surface area contributed by atoms with Crippen LogP contribution in [0.4, 0.5) is 0 Å². The van der Waals surface area contributed by atoms with Gasteiger partial charge in [-0.15, -0.1) is 0 Å². The van der Waals surface area contributed by atoms with Crippen LogP contribution in [0.15, 0.2) is 36.5 Å². The molecule has 5 heteroatoms. The molecule has 0 saturated heterocycles. The van der Waals surface area contributed by atoms with E-state index in [9.17, 15) is 0 Å². The van der Waals surface area contributed by atoms with Gasteiger partial charge in [0.2, 0.25) is 0 Å². The molecule has 144 valence electrons. The number of hydrogen-bond acceptors (Lipinski definition) is 4. The monoisotopic (exact) mass is 370 g/mol. The molecule has 0 aromatic heterocycles. The molecule has 5 nitrogen and oxygen atoms in total. The summed E-state index contributed by atoms with van der Waals surface area (Å²) in [5.74, 6) is 3.02. The Bertz CT molecular complexity index is 831. The van der Waals surface area contributed by atoms with Gasteiger partial charge in [-0.2, -0.15) is 0 Å². The molecule has 2 unspecified atom stereocenters. The number of ether oxygens (including phenoxy) is 4. The van der Waals surface area contributed by atoms with E-state index < -0.39 is 0 Å². The minimum Gasteiger partial charge on any atom is -0.493 e. The number of rotatable bonds is 7. The number of quaternary nitrogens is 1. The van der Waals surface area contributed by atoms with Crippen LogP contribution >= 0.6 is 0 Å². The molecular formula is C22H28NO4+. The van der Waals surface area contributed by atoms with Gasteiger partial charge in [0, 0.05) is 12.0 Å². The number of methoxy groups -OCH3 is 4. The quantitative estimate of drug-likeness (QED) is 0.814. The highest BCUT2D eigenvalue weighted by Gasteiger charge is 2.29. The molecular weight excluding hydrogens is 342 g/mol. The summed E-state index contributed by atoms with van der Waals surface area (Å²) < 4.78 is 21.8. The molecule has 1 aliphatic rings. The highest BCUT2D eigenvalue weighted by molar-refractivity contribution is 5.61. The normalized spacial score (nSPS) is 18.0. The molecule has 2 atom stereocenters. The van der Waals surface area contributed by atoms with E-state index in [1.165, 1.54) is 21.6 Å². The van der Waals surface area contributed by atoms with Crippen LogP contribution in [-0.4, -0.2) is 35.0 Å². The molecule has 0 saturated carbocycles. The molecule has 0 spiro atoms. The summed E-state index contributed by atoms with van der Waals surface area (Å²) in [4.78, 5) is 1.41. The lowest BCUT2D eigenvalue weighted by atomic mass is 9.90. The van der Waals surface area contributed by atoms with Crippen LogP contribution in [0.5, 0.6) is 23.0 Å². The standard InChI is InChI=1S/C22H27NO4/c1-6-23-10-9-16-13-21(26-4)22(27-5)14-17(16)18(23)11-15-7-8-19(24-2)20(12-15)25-3/h7-10,12-14,18H,6,11H2,1-5H3/p+1. The van der Waals surface area contributed by atoms with Crippen molar-refractivity contribution in [2.24, 2.45) is 0 Å². The third-order valence-electron chi connectivity index (χ3n) is 5.19. The van der Waals surface area contributed by atoms with Gasteiger partial charge in [-0.3, -0.25) is 0 Å². The minimum absolute atomic E-state index is 0.285. The molecule has 0 radical (unpaired) electrons. The maximum absolute atomic E-state index is 5.54. The first-order valence-electron chi connectivity index (χ1n) is 9.15. The van der Waals surface area contributed by atoms with E-state index >= 15 is 0 Å². The molecule has 0 aliphatic carbocycles. The maximum atomic E-state index is 5.54. The van der Waals surface area contributed by atoms with Crippen molar-refractivity contribution in [2.75, 3.05) is 35.0 Å². The van der Waals surface area contributed by atoms with Gasteiger partial charge in [0.1, 0.15) is 6.04 Å².